The monoisotopic (exact) mass is 529 g/mol. The van der Waals surface area contributed by atoms with Gasteiger partial charge in [0, 0.05) is 28.6 Å². The molecule has 1 saturated heterocycles. The van der Waals surface area contributed by atoms with Crippen LogP contribution in [0.5, 0.6) is 5.75 Å². The van der Waals surface area contributed by atoms with Gasteiger partial charge in [0.15, 0.2) is 0 Å². The number of benzene rings is 3. The van der Waals surface area contributed by atoms with E-state index in [9.17, 15) is 10.1 Å². The molecule has 5 rings (SSSR count). The number of halogens is 1. The van der Waals surface area contributed by atoms with E-state index in [0.29, 0.717) is 35.5 Å². The van der Waals surface area contributed by atoms with Crippen molar-refractivity contribution < 1.29 is 9.53 Å². The van der Waals surface area contributed by atoms with Crippen LogP contribution < -0.4 is 9.64 Å². The molecule has 2 aliphatic heterocycles. The number of amides is 1. The highest BCUT2D eigenvalue weighted by Crippen LogP contribution is 2.44. The summed E-state index contributed by atoms with van der Waals surface area (Å²) in [7, 11) is 0. The third-order valence-electron chi connectivity index (χ3n) is 6.88. The summed E-state index contributed by atoms with van der Waals surface area (Å²) in [5.41, 5.74) is 7.31. The molecule has 0 saturated carbocycles. The lowest BCUT2D eigenvalue weighted by molar-refractivity contribution is -0.129. The summed E-state index contributed by atoms with van der Waals surface area (Å²) in [6, 6.07) is 22.1. The quantitative estimate of drug-likeness (QED) is 0.354. The molecule has 1 fully saturated rings. The molecule has 1 unspecified atom stereocenters. The topological polar surface area (TPSA) is 56.6 Å². The molecule has 1 atom stereocenters. The van der Waals surface area contributed by atoms with Crippen molar-refractivity contribution in [2.45, 2.75) is 39.7 Å². The number of nitrogens with zero attached hydrogens (tertiary/aromatic N) is 3. The van der Waals surface area contributed by atoms with E-state index in [2.05, 4.69) is 43.9 Å². The Morgan fingerprint density at radius 1 is 1.08 bits per heavy atom. The van der Waals surface area contributed by atoms with E-state index in [4.69, 9.17) is 16.3 Å². The van der Waals surface area contributed by atoms with Crippen LogP contribution in [0.1, 0.15) is 40.2 Å². The van der Waals surface area contributed by atoms with E-state index < -0.39 is 0 Å². The number of allylic oxidation sites excluding steroid dienone is 1. The van der Waals surface area contributed by atoms with Crippen molar-refractivity contribution in [1.82, 2.24) is 4.90 Å². The van der Waals surface area contributed by atoms with Crippen LogP contribution >= 0.6 is 23.4 Å². The molecular formula is C30H28ClN3O2S. The number of rotatable bonds is 5. The Morgan fingerprint density at radius 2 is 1.78 bits per heavy atom. The van der Waals surface area contributed by atoms with Crippen LogP contribution in [0.25, 0.3) is 0 Å². The molecule has 2 aliphatic rings. The van der Waals surface area contributed by atoms with Crippen molar-refractivity contribution in [3.8, 4) is 11.8 Å². The number of fused-ring (bicyclic) bond motifs is 1. The average molecular weight is 530 g/mol. The predicted octanol–water partition coefficient (Wildman–Crippen LogP) is 7.06. The van der Waals surface area contributed by atoms with Crippen molar-refractivity contribution in [2.75, 3.05) is 17.4 Å². The second-order valence-corrected chi connectivity index (χ2v) is 10.9. The van der Waals surface area contributed by atoms with E-state index in [0.717, 1.165) is 21.8 Å². The highest BCUT2D eigenvalue weighted by molar-refractivity contribution is 8.03. The molecule has 0 aromatic heterocycles. The molecule has 0 bridgehead atoms. The van der Waals surface area contributed by atoms with Gasteiger partial charge in [-0.25, -0.2) is 0 Å². The van der Waals surface area contributed by atoms with E-state index >= 15 is 0 Å². The molecule has 37 heavy (non-hydrogen) atoms. The maximum Gasteiger partial charge on any atom is 0.229 e. The van der Waals surface area contributed by atoms with Gasteiger partial charge >= 0.3 is 0 Å². The summed E-state index contributed by atoms with van der Waals surface area (Å²) in [6.45, 7) is 7.15. The summed E-state index contributed by atoms with van der Waals surface area (Å²) in [5, 5.41) is 11.6. The standard InChI is InChI=1S/C30H28ClN3O2S/c1-19-12-20(2)29(21(3)13-19)33-17-34-28(35)14-25(26(15-32)30(34)37-18-33)22-8-10-24(11-9-22)36-16-23-6-4-5-7-27(23)31/h4-13,25H,14,16-18H2,1-3H3. The third-order valence-corrected chi connectivity index (χ3v) is 8.40. The zero-order chi connectivity index (χ0) is 26.1. The third kappa shape index (κ3) is 5.07. The fraction of sp³-hybridized carbons (Fsp3) is 0.267. The van der Waals surface area contributed by atoms with Crippen molar-refractivity contribution in [3.05, 3.63) is 104 Å². The Kier molecular flexibility index (Phi) is 7.19. The first-order chi connectivity index (χ1) is 17.9. The van der Waals surface area contributed by atoms with Gasteiger partial charge in [0.05, 0.1) is 29.2 Å². The largest absolute Gasteiger partial charge is 0.489 e. The number of hydrogen-bond acceptors (Lipinski definition) is 5. The van der Waals surface area contributed by atoms with Gasteiger partial charge in [-0.1, -0.05) is 71.4 Å². The molecule has 3 aromatic carbocycles. The van der Waals surface area contributed by atoms with Crippen molar-refractivity contribution in [3.63, 3.8) is 0 Å². The second kappa shape index (κ2) is 10.5. The van der Waals surface area contributed by atoms with Gasteiger partial charge in [-0.3, -0.25) is 9.69 Å². The molecule has 188 valence electrons. The van der Waals surface area contributed by atoms with Crippen LogP contribution in [0.15, 0.2) is 71.3 Å². The molecule has 0 spiro atoms. The summed E-state index contributed by atoms with van der Waals surface area (Å²) < 4.78 is 5.91. The van der Waals surface area contributed by atoms with Gasteiger partial charge in [-0.05, 0) is 55.7 Å². The molecule has 0 N–H and O–H groups in total. The molecule has 5 nitrogen and oxygen atoms in total. The lowest BCUT2D eigenvalue weighted by Gasteiger charge is -2.43. The number of carbonyl (C=O) groups is 1. The highest BCUT2D eigenvalue weighted by atomic mass is 35.5. The first-order valence-corrected chi connectivity index (χ1v) is 13.6. The zero-order valence-corrected chi connectivity index (χ0v) is 22.7. The minimum atomic E-state index is -0.261. The zero-order valence-electron chi connectivity index (χ0n) is 21.1. The van der Waals surface area contributed by atoms with Crippen molar-refractivity contribution >= 4 is 35.0 Å². The fourth-order valence-electron chi connectivity index (χ4n) is 5.23. The molecule has 7 heteroatoms. The van der Waals surface area contributed by atoms with E-state index in [1.165, 1.54) is 16.7 Å². The number of ether oxygens (including phenoxy) is 1. The summed E-state index contributed by atoms with van der Waals surface area (Å²) in [5.74, 6) is 1.18. The van der Waals surface area contributed by atoms with Gasteiger partial charge in [-0.15, -0.1) is 0 Å². The van der Waals surface area contributed by atoms with Crippen LogP contribution in [-0.2, 0) is 11.4 Å². The second-order valence-electron chi connectivity index (χ2n) is 9.56. The average Bonchev–Trinajstić information content (AvgIpc) is 2.88. The van der Waals surface area contributed by atoms with Crippen LogP contribution in [0.4, 0.5) is 5.69 Å². The summed E-state index contributed by atoms with van der Waals surface area (Å²) in [4.78, 5) is 17.4. The van der Waals surface area contributed by atoms with Crippen LogP contribution in [0.3, 0.4) is 0 Å². The predicted molar refractivity (Wildman–Crippen MR) is 150 cm³/mol. The Morgan fingerprint density at radius 3 is 2.46 bits per heavy atom. The number of thioether (sulfide) groups is 1. The molecule has 3 aromatic rings. The van der Waals surface area contributed by atoms with Crippen LogP contribution in [0, 0.1) is 32.1 Å². The van der Waals surface area contributed by atoms with E-state index in [1.54, 1.807) is 16.7 Å². The lowest BCUT2D eigenvalue weighted by Crippen LogP contribution is -2.47. The fourth-order valence-corrected chi connectivity index (χ4v) is 6.57. The Hall–Kier alpha value is -3.40. The van der Waals surface area contributed by atoms with Gasteiger partial charge in [0.1, 0.15) is 12.4 Å². The Bertz CT molecular complexity index is 1400. The minimum absolute atomic E-state index is 0.0395. The summed E-state index contributed by atoms with van der Waals surface area (Å²) in [6.07, 6.45) is 0.270. The normalized spacial score (nSPS) is 17.5. The smallest absolute Gasteiger partial charge is 0.229 e. The maximum absolute atomic E-state index is 13.3. The number of anilines is 1. The Labute approximate surface area is 227 Å². The molecule has 0 radical (unpaired) electrons. The highest BCUT2D eigenvalue weighted by Gasteiger charge is 2.38. The SMILES string of the molecule is Cc1cc(C)c(N2CSC3=C(C#N)C(c4ccc(OCc5ccccc5Cl)cc4)CC(=O)N3C2)c(C)c1. The molecule has 0 aliphatic carbocycles. The number of carbonyl (C=O) groups excluding carboxylic acids is 1. The van der Waals surface area contributed by atoms with Crippen LogP contribution in [-0.4, -0.2) is 23.4 Å². The van der Waals surface area contributed by atoms with Crippen LogP contribution in [0.2, 0.25) is 5.02 Å². The molecule has 1 amide bonds. The number of hydrogen-bond donors (Lipinski definition) is 0. The first-order valence-electron chi connectivity index (χ1n) is 12.2. The van der Waals surface area contributed by atoms with Gasteiger partial charge in [0.2, 0.25) is 5.91 Å². The number of aryl methyl sites for hydroxylation is 3. The van der Waals surface area contributed by atoms with E-state index in [1.807, 2.05) is 48.5 Å². The molecular weight excluding hydrogens is 502 g/mol. The van der Waals surface area contributed by atoms with Gasteiger partial charge < -0.3 is 9.64 Å². The van der Waals surface area contributed by atoms with E-state index in [-0.39, 0.29) is 18.2 Å². The minimum Gasteiger partial charge on any atom is -0.489 e. The van der Waals surface area contributed by atoms with Crippen molar-refractivity contribution in [1.29, 1.82) is 5.26 Å². The summed E-state index contributed by atoms with van der Waals surface area (Å²) >= 11 is 7.80. The number of nitriles is 1. The van der Waals surface area contributed by atoms with Crippen molar-refractivity contribution in [2.24, 2.45) is 0 Å². The Balaban J connectivity index is 1.35. The van der Waals surface area contributed by atoms with Gasteiger partial charge in [-0.2, -0.15) is 5.26 Å². The maximum atomic E-state index is 13.3. The molecule has 2 heterocycles. The first kappa shape index (κ1) is 25.3. The lowest BCUT2D eigenvalue weighted by atomic mass is 9.86. The van der Waals surface area contributed by atoms with Gasteiger partial charge in [0.25, 0.3) is 0 Å².